The van der Waals surface area contributed by atoms with Gasteiger partial charge in [0.2, 0.25) is 0 Å². The first-order valence-electron chi connectivity index (χ1n) is 5.48. The van der Waals surface area contributed by atoms with Crippen molar-refractivity contribution in [1.29, 1.82) is 0 Å². The van der Waals surface area contributed by atoms with Crippen LogP contribution in [0.2, 0.25) is 0 Å². The van der Waals surface area contributed by atoms with E-state index in [1.807, 2.05) is 0 Å². The van der Waals surface area contributed by atoms with Crippen LogP contribution in [0.3, 0.4) is 0 Å². The molecule has 0 saturated carbocycles. The SMILES string of the molecule is FC(F)(F)C(F)(F)C(F)(F)C(F)(F)OOC(F)(F)C(F)(F)C(F)(F)C(F)(F)F. The van der Waals surface area contributed by atoms with Crippen LogP contribution in [0.1, 0.15) is 0 Å². The number of hydrogen-bond donors (Lipinski definition) is 0. The second-order valence-corrected chi connectivity index (χ2v) is 4.49. The van der Waals surface area contributed by atoms with E-state index < -0.39 is 48.3 Å². The predicted octanol–water partition coefficient (Wildman–Crippen LogP) is 5.79. The summed E-state index contributed by atoms with van der Waals surface area (Å²) < 4.78 is 220. The molecule has 0 radical (unpaired) electrons. The molecule has 0 atom stereocenters. The topological polar surface area (TPSA) is 18.5 Å². The molecule has 0 amide bonds. The van der Waals surface area contributed by atoms with Crippen LogP contribution < -0.4 is 0 Å². The van der Waals surface area contributed by atoms with Gasteiger partial charge >= 0.3 is 48.3 Å². The first-order valence-corrected chi connectivity index (χ1v) is 5.48. The molecule has 0 bridgehead atoms. The number of hydrogen-bond acceptors (Lipinski definition) is 2. The Labute approximate surface area is 138 Å². The summed E-state index contributed by atoms with van der Waals surface area (Å²) in [6.07, 6.45) is -30.3. The maximum Gasteiger partial charge on any atom is 0.460 e. The van der Waals surface area contributed by atoms with Crippen LogP contribution in [0.4, 0.5) is 79.0 Å². The zero-order chi connectivity index (χ0) is 23.4. The third-order valence-electron chi connectivity index (χ3n) is 2.48. The van der Waals surface area contributed by atoms with Crippen molar-refractivity contribution in [1.82, 2.24) is 0 Å². The van der Waals surface area contributed by atoms with E-state index in [-0.39, 0.29) is 0 Å². The van der Waals surface area contributed by atoms with E-state index in [1.165, 1.54) is 9.78 Å². The average Bonchev–Trinajstić information content (AvgIpc) is 2.42. The van der Waals surface area contributed by atoms with Gasteiger partial charge in [-0.1, -0.05) is 0 Å². The Kier molecular flexibility index (Phi) is 6.27. The summed E-state index contributed by atoms with van der Waals surface area (Å²) in [6.45, 7) is 0. The molecule has 0 unspecified atom stereocenters. The lowest BCUT2D eigenvalue weighted by atomic mass is 10.1. The fraction of sp³-hybridized carbons (Fsp3) is 1.00. The monoisotopic (exact) mass is 470 g/mol. The third kappa shape index (κ3) is 3.88. The molecule has 0 rings (SSSR count). The van der Waals surface area contributed by atoms with Crippen molar-refractivity contribution >= 4 is 0 Å². The lowest BCUT2D eigenvalue weighted by molar-refractivity contribution is -0.592. The molecule has 0 saturated heterocycles. The second-order valence-electron chi connectivity index (χ2n) is 4.49. The predicted molar refractivity (Wildman–Crippen MR) is 44.0 cm³/mol. The molecule has 0 aliphatic carbocycles. The molecule has 0 N–H and O–H groups in total. The smallest absolute Gasteiger partial charge is 0.189 e. The molecule has 0 fully saturated rings. The molecule has 170 valence electrons. The molecular formula is C8F18O2. The molecule has 0 aliphatic heterocycles. The van der Waals surface area contributed by atoms with Crippen LogP contribution in [0.5, 0.6) is 0 Å². The van der Waals surface area contributed by atoms with Crippen LogP contribution in [0.25, 0.3) is 0 Å². The average molecular weight is 470 g/mol. The highest BCUT2D eigenvalue weighted by Gasteiger charge is 2.86. The van der Waals surface area contributed by atoms with Crippen molar-refractivity contribution < 1.29 is 88.8 Å². The van der Waals surface area contributed by atoms with Gasteiger partial charge in [0.1, 0.15) is 0 Å². The summed E-state index contributed by atoms with van der Waals surface area (Å²) in [5.74, 6) is -31.4. The van der Waals surface area contributed by atoms with Crippen LogP contribution in [0, 0.1) is 0 Å². The molecule has 0 aromatic heterocycles. The van der Waals surface area contributed by atoms with Gasteiger partial charge in [-0.2, -0.15) is 88.8 Å². The summed E-state index contributed by atoms with van der Waals surface area (Å²) >= 11 is 0. The first-order chi connectivity index (χ1) is 11.7. The summed E-state index contributed by atoms with van der Waals surface area (Å²) in [6, 6.07) is 0. The van der Waals surface area contributed by atoms with Crippen molar-refractivity contribution in [2.24, 2.45) is 0 Å². The first kappa shape index (κ1) is 26.7. The van der Waals surface area contributed by atoms with E-state index >= 15 is 0 Å². The Morgan fingerprint density at radius 1 is 0.286 bits per heavy atom. The molecule has 20 heteroatoms. The zero-order valence-corrected chi connectivity index (χ0v) is 11.6. The Bertz CT molecular complexity index is 505. The quantitative estimate of drug-likeness (QED) is 0.267. The van der Waals surface area contributed by atoms with Gasteiger partial charge in [0.15, 0.2) is 0 Å². The largest absolute Gasteiger partial charge is 0.460 e. The highest BCUT2D eigenvalue weighted by molar-refractivity contribution is 4.98. The summed E-state index contributed by atoms with van der Waals surface area (Å²) in [7, 11) is 0. The normalized spacial score (nSPS) is 16.5. The fourth-order valence-corrected chi connectivity index (χ4v) is 0.931. The molecular weight excluding hydrogens is 470 g/mol. The van der Waals surface area contributed by atoms with Gasteiger partial charge in [-0.05, 0) is 0 Å². The lowest BCUT2D eigenvalue weighted by Gasteiger charge is -2.35. The minimum absolute atomic E-state index is 1.34. The number of rotatable bonds is 7. The van der Waals surface area contributed by atoms with Gasteiger partial charge in [-0.25, -0.2) is 0 Å². The van der Waals surface area contributed by atoms with Crippen LogP contribution in [-0.2, 0) is 9.78 Å². The maximum absolute atomic E-state index is 12.6. The van der Waals surface area contributed by atoms with Gasteiger partial charge in [-0.3, -0.25) is 0 Å². The molecule has 0 spiro atoms. The lowest BCUT2D eigenvalue weighted by Crippen LogP contribution is -2.64. The van der Waals surface area contributed by atoms with Gasteiger partial charge in [0.25, 0.3) is 0 Å². The summed E-state index contributed by atoms with van der Waals surface area (Å²) in [5, 5.41) is 0. The zero-order valence-electron chi connectivity index (χ0n) is 11.6. The Morgan fingerprint density at radius 3 is 0.607 bits per heavy atom. The van der Waals surface area contributed by atoms with Crippen molar-refractivity contribution in [2.75, 3.05) is 0 Å². The molecule has 0 aromatic rings. The molecule has 2 nitrogen and oxygen atoms in total. The number of halogens is 18. The van der Waals surface area contributed by atoms with Gasteiger partial charge in [0.05, 0.1) is 0 Å². The van der Waals surface area contributed by atoms with Gasteiger partial charge in [-0.15, -0.1) is 0 Å². The maximum atomic E-state index is 12.6. The van der Waals surface area contributed by atoms with Crippen LogP contribution in [-0.4, -0.2) is 48.3 Å². The van der Waals surface area contributed by atoms with Crippen molar-refractivity contribution in [3.63, 3.8) is 0 Å². The molecule has 28 heavy (non-hydrogen) atoms. The Balaban J connectivity index is 5.84. The van der Waals surface area contributed by atoms with Crippen molar-refractivity contribution in [2.45, 2.75) is 48.3 Å². The molecule has 0 aliphatic rings. The van der Waals surface area contributed by atoms with E-state index in [0.717, 1.165) is 0 Å². The van der Waals surface area contributed by atoms with Crippen molar-refractivity contribution in [3.8, 4) is 0 Å². The number of alkyl halides is 18. The Morgan fingerprint density at radius 2 is 0.464 bits per heavy atom. The van der Waals surface area contributed by atoms with E-state index in [0.29, 0.717) is 0 Å². The third-order valence-corrected chi connectivity index (χ3v) is 2.48. The summed E-state index contributed by atoms with van der Waals surface area (Å²) in [4.78, 5) is 2.68. The molecule has 0 aromatic carbocycles. The fourth-order valence-electron chi connectivity index (χ4n) is 0.931. The van der Waals surface area contributed by atoms with E-state index in [1.54, 1.807) is 0 Å². The van der Waals surface area contributed by atoms with Crippen molar-refractivity contribution in [3.05, 3.63) is 0 Å². The van der Waals surface area contributed by atoms with E-state index in [4.69, 9.17) is 0 Å². The summed E-state index contributed by atoms with van der Waals surface area (Å²) in [5.41, 5.74) is 0. The van der Waals surface area contributed by atoms with Crippen LogP contribution in [0.15, 0.2) is 0 Å². The second kappa shape index (κ2) is 6.59. The van der Waals surface area contributed by atoms with Crippen LogP contribution >= 0.6 is 0 Å². The molecule has 0 heterocycles. The minimum Gasteiger partial charge on any atom is -0.189 e. The van der Waals surface area contributed by atoms with Gasteiger partial charge < -0.3 is 0 Å². The highest BCUT2D eigenvalue weighted by Crippen LogP contribution is 2.56. The minimum atomic E-state index is -7.89. The van der Waals surface area contributed by atoms with E-state index in [2.05, 4.69) is 0 Å². The Hall–Kier alpha value is -1.34. The highest BCUT2D eigenvalue weighted by atomic mass is 19.4. The van der Waals surface area contributed by atoms with Gasteiger partial charge in [0, 0.05) is 0 Å². The standard InChI is InChI=1S/C8F18O2/c9-1(10,5(17,18)19)3(13,14)7(23,24)27-28-8(25,26)4(15,16)2(11,12)6(20,21)22. The van der Waals surface area contributed by atoms with E-state index in [9.17, 15) is 79.0 Å².